The van der Waals surface area contributed by atoms with Gasteiger partial charge in [0.25, 0.3) is 5.05 Å². The Morgan fingerprint density at radius 1 is 0.857 bits per heavy atom. The Hall–Kier alpha value is -2.23. The second-order valence-electron chi connectivity index (χ2n) is 5.34. The molecule has 0 radical (unpaired) electrons. The molecule has 0 rings (SSSR count). The SMILES string of the molecule is CC(=O)OC(=S)[C@@](O)(OC(C)=O)[C@](O)(OC(C)=O)[C@](O)(OC(C)=O)[C@H](O)CO. The zero-order chi connectivity index (χ0) is 22.5. The molecule has 160 valence electrons. The van der Waals surface area contributed by atoms with E-state index in [0.717, 1.165) is 6.92 Å². The minimum absolute atomic E-state index is 0.632. The van der Waals surface area contributed by atoms with Crippen LogP contribution >= 0.6 is 12.2 Å². The molecule has 4 atom stereocenters. The predicted molar refractivity (Wildman–Crippen MR) is 87.6 cm³/mol. The van der Waals surface area contributed by atoms with Gasteiger partial charge >= 0.3 is 41.2 Å². The Balaban J connectivity index is 6.97. The van der Waals surface area contributed by atoms with Crippen molar-refractivity contribution in [2.45, 2.75) is 51.2 Å². The van der Waals surface area contributed by atoms with Crippen molar-refractivity contribution < 1.29 is 63.7 Å². The van der Waals surface area contributed by atoms with Crippen LogP contribution in [-0.2, 0) is 38.1 Å². The zero-order valence-electron chi connectivity index (χ0n) is 15.2. The number of esters is 4. The third-order valence-electron chi connectivity index (χ3n) is 2.96. The monoisotopic (exact) mass is 428 g/mol. The summed E-state index contributed by atoms with van der Waals surface area (Å²) in [4.78, 5) is 45.5. The average molecular weight is 428 g/mol. The van der Waals surface area contributed by atoms with Gasteiger partial charge in [0.15, 0.2) is 0 Å². The van der Waals surface area contributed by atoms with Crippen LogP contribution in [0.25, 0.3) is 0 Å². The van der Waals surface area contributed by atoms with Crippen LogP contribution in [0.1, 0.15) is 27.7 Å². The smallest absolute Gasteiger partial charge is 0.355 e. The average Bonchev–Trinajstić information content (AvgIpc) is 2.50. The summed E-state index contributed by atoms with van der Waals surface area (Å²) < 4.78 is 17.6. The Labute approximate surface area is 163 Å². The van der Waals surface area contributed by atoms with Gasteiger partial charge in [-0.25, -0.2) is 0 Å². The van der Waals surface area contributed by atoms with E-state index in [1.54, 1.807) is 0 Å². The molecule has 13 nitrogen and oxygen atoms in total. The molecule has 0 amide bonds. The van der Waals surface area contributed by atoms with Crippen molar-refractivity contribution in [1.82, 2.24) is 0 Å². The van der Waals surface area contributed by atoms with Gasteiger partial charge in [-0.15, -0.1) is 0 Å². The molecule has 0 saturated carbocycles. The van der Waals surface area contributed by atoms with Crippen LogP contribution < -0.4 is 0 Å². The first kappa shape index (κ1) is 25.8. The molecule has 0 unspecified atom stereocenters. The fourth-order valence-corrected chi connectivity index (χ4v) is 2.25. The molecule has 0 bridgehead atoms. The van der Waals surface area contributed by atoms with Crippen molar-refractivity contribution in [1.29, 1.82) is 0 Å². The number of hydrogen-bond acceptors (Lipinski definition) is 14. The topological polar surface area (TPSA) is 206 Å². The Morgan fingerprint density at radius 3 is 1.61 bits per heavy atom. The maximum atomic E-state index is 11.5. The molecule has 0 fully saturated rings. The van der Waals surface area contributed by atoms with Crippen molar-refractivity contribution in [3.63, 3.8) is 0 Å². The molecule has 0 aliphatic heterocycles. The molecule has 0 aliphatic rings. The summed E-state index contributed by atoms with van der Waals surface area (Å²) in [6.07, 6.45) is -2.66. The second-order valence-corrected chi connectivity index (χ2v) is 5.72. The number of carbonyl (C=O) groups is 4. The van der Waals surface area contributed by atoms with Crippen molar-refractivity contribution in [2.24, 2.45) is 0 Å². The minimum atomic E-state index is -4.13. The van der Waals surface area contributed by atoms with E-state index < -0.39 is 59.0 Å². The molecule has 0 aromatic rings. The summed E-state index contributed by atoms with van der Waals surface area (Å²) in [5.74, 6) is -17.5. The number of rotatable bonds is 8. The Bertz CT molecular complexity index is 664. The van der Waals surface area contributed by atoms with Crippen LogP contribution in [0, 0.1) is 0 Å². The summed E-state index contributed by atoms with van der Waals surface area (Å²) in [5.41, 5.74) is 0. The zero-order valence-corrected chi connectivity index (χ0v) is 16.0. The summed E-state index contributed by atoms with van der Waals surface area (Å²) in [5, 5.41) is 49.8. The van der Waals surface area contributed by atoms with E-state index in [1.807, 2.05) is 0 Å². The maximum absolute atomic E-state index is 11.5. The molecule has 0 spiro atoms. The molecule has 0 heterocycles. The van der Waals surface area contributed by atoms with Gasteiger partial charge in [-0.05, 0) is 12.2 Å². The van der Waals surface area contributed by atoms with Crippen molar-refractivity contribution in [3.8, 4) is 0 Å². The molecular weight excluding hydrogens is 408 g/mol. The van der Waals surface area contributed by atoms with Gasteiger partial charge in [0.05, 0.1) is 6.61 Å². The fourth-order valence-electron chi connectivity index (χ4n) is 1.96. The second kappa shape index (κ2) is 9.31. The summed E-state index contributed by atoms with van der Waals surface area (Å²) >= 11 is 4.57. The maximum Gasteiger partial charge on any atom is 0.355 e. The molecular formula is C14H20O13S. The standard InChI is InChI=1S/C14H20O13S/c1-6(16)24-11(28)13(22,26-8(3)18)14(23,27-9(4)19)12(21,10(20)5-15)25-7(2)17/h10,15,20-23H,5H2,1-4H3/t10-,12-,13-,14-/m1/s1. The van der Waals surface area contributed by atoms with Crippen LogP contribution in [0.2, 0.25) is 0 Å². The lowest BCUT2D eigenvalue weighted by Crippen LogP contribution is -2.78. The van der Waals surface area contributed by atoms with Gasteiger partial charge in [-0.2, -0.15) is 0 Å². The largest absolute Gasteiger partial charge is 0.423 e. The first-order valence-corrected chi connectivity index (χ1v) is 7.75. The lowest BCUT2D eigenvalue weighted by Gasteiger charge is -2.48. The Morgan fingerprint density at radius 2 is 1.29 bits per heavy atom. The van der Waals surface area contributed by atoms with Gasteiger partial charge in [0, 0.05) is 27.7 Å². The molecule has 28 heavy (non-hydrogen) atoms. The van der Waals surface area contributed by atoms with Crippen molar-refractivity contribution in [2.75, 3.05) is 6.61 Å². The third kappa shape index (κ3) is 5.18. The van der Waals surface area contributed by atoms with Crippen LogP contribution in [0.15, 0.2) is 0 Å². The molecule has 0 aliphatic carbocycles. The summed E-state index contributed by atoms with van der Waals surface area (Å²) in [6.45, 7) is 1.31. The number of thiocarbonyl (C=S) groups is 1. The van der Waals surface area contributed by atoms with Gasteiger partial charge in [0.1, 0.15) is 6.10 Å². The molecule has 14 heteroatoms. The summed E-state index contributed by atoms with van der Waals surface area (Å²) in [7, 11) is 0. The lowest BCUT2D eigenvalue weighted by molar-refractivity contribution is -0.448. The van der Waals surface area contributed by atoms with Gasteiger partial charge in [-0.1, -0.05) is 0 Å². The number of hydrogen-bond donors (Lipinski definition) is 5. The number of ether oxygens (including phenoxy) is 4. The number of aliphatic hydroxyl groups excluding tert-OH is 2. The first-order chi connectivity index (χ1) is 12.6. The van der Waals surface area contributed by atoms with Crippen molar-refractivity contribution >= 4 is 41.1 Å². The normalized spacial score (nSPS) is 18.3. The minimum Gasteiger partial charge on any atom is -0.423 e. The Kier molecular flexibility index (Phi) is 8.57. The highest BCUT2D eigenvalue weighted by atomic mass is 32.1. The van der Waals surface area contributed by atoms with Crippen LogP contribution in [0.4, 0.5) is 0 Å². The molecule has 5 N–H and O–H groups in total. The summed E-state index contributed by atoms with van der Waals surface area (Å²) in [6, 6.07) is 0. The number of aliphatic hydroxyl groups is 5. The van der Waals surface area contributed by atoms with Gasteiger partial charge in [0.2, 0.25) is 0 Å². The first-order valence-electron chi connectivity index (χ1n) is 7.35. The van der Waals surface area contributed by atoms with E-state index in [4.69, 9.17) is 5.11 Å². The van der Waals surface area contributed by atoms with E-state index >= 15 is 0 Å². The van der Waals surface area contributed by atoms with E-state index in [2.05, 4.69) is 31.2 Å². The molecule has 0 aromatic heterocycles. The predicted octanol–water partition coefficient (Wildman–Crippen LogP) is -3.01. The van der Waals surface area contributed by atoms with Crippen molar-refractivity contribution in [3.05, 3.63) is 0 Å². The van der Waals surface area contributed by atoms with Crippen LogP contribution in [0.5, 0.6) is 0 Å². The van der Waals surface area contributed by atoms with Gasteiger partial charge in [-0.3, -0.25) is 19.2 Å². The van der Waals surface area contributed by atoms with E-state index in [9.17, 15) is 39.6 Å². The van der Waals surface area contributed by atoms with Gasteiger partial charge < -0.3 is 44.5 Å². The van der Waals surface area contributed by atoms with Crippen LogP contribution in [0.3, 0.4) is 0 Å². The van der Waals surface area contributed by atoms with E-state index in [-0.39, 0.29) is 0 Å². The molecule has 0 saturated heterocycles. The molecule has 0 aromatic carbocycles. The van der Waals surface area contributed by atoms with E-state index in [1.165, 1.54) is 0 Å². The highest BCUT2D eigenvalue weighted by Crippen LogP contribution is 2.40. The quantitative estimate of drug-likeness (QED) is 0.113. The number of carbonyl (C=O) groups excluding carboxylic acids is 4. The highest BCUT2D eigenvalue weighted by molar-refractivity contribution is 7.80. The highest BCUT2D eigenvalue weighted by Gasteiger charge is 2.76. The lowest BCUT2D eigenvalue weighted by atomic mass is 9.91. The fraction of sp³-hybridized carbons (Fsp3) is 0.643. The van der Waals surface area contributed by atoms with Crippen LogP contribution in [-0.4, -0.2) is 84.5 Å². The third-order valence-corrected chi connectivity index (χ3v) is 3.32. The van der Waals surface area contributed by atoms with E-state index in [0.29, 0.717) is 20.8 Å².